The van der Waals surface area contributed by atoms with E-state index in [4.69, 9.17) is 5.73 Å². The van der Waals surface area contributed by atoms with E-state index < -0.39 is 12.4 Å². The van der Waals surface area contributed by atoms with E-state index in [2.05, 4.69) is 38.9 Å². The number of urea groups is 1. The Morgan fingerprint density at radius 3 is 2.35 bits per heavy atom. The molecular formula is C33H35F3N6O3S. The average molecular weight is 653 g/mol. The van der Waals surface area contributed by atoms with Crippen LogP contribution in [0.25, 0.3) is 0 Å². The third-order valence-electron chi connectivity index (χ3n) is 7.32. The van der Waals surface area contributed by atoms with Crippen molar-refractivity contribution in [1.29, 1.82) is 0 Å². The summed E-state index contributed by atoms with van der Waals surface area (Å²) in [5.74, 6) is 0.0399. The summed E-state index contributed by atoms with van der Waals surface area (Å²) in [5, 5.41) is 3.28. The van der Waals surface area contributed by atoms with Gasteiger partial charge in [-0.05, 0) is 66.8 Å². The minimum atomic E-state index is -4.77. The Hall–Kier alpha value is -4.65. The lowest BCUT2D eigenvalue weighted by molar-refractivity contribution is -0.274. The SMILES string of the molecule is Cc1ccc(C(C)C)c(N2C(=O)CSC2=NC(=O)NC(C)C(C)c2ccc(C(N)=NC=Nc3ccc(OC(F)(F)F)cc3)cc2)c1. The highest BCUT2D eigenvalue weighted by atomic mass is 32.2. The van der Waals surface area contributed by atoms with Gasteiger partial charge >= 0.3 is 12.4 Å². The first-order chi connectivity index (χ1) is 21.7. The fourth-order valence-electron chi connectivity index (χ4n) is 4.67. The van der Waals surface area contributed by atoms with Crippen LogP contribution in [-0.2, 0) is 4.79 Å². The number of hydrogen-bond acceptors (Lipinski definition) is 5. The molecule has 0 aliphatic carbocycles. The highest BCUT2D eigenvalue weighted by Gasteiger charge is 2.33. The maximum Gasteiger partial charge on any atom is 0.573 e. The predicted molar refractivity (Wildman–Crippen MR) is 177 cm³/mol. The van der Waals surface area contributed by atoms with E-state index in [1.165, 1.54) is 30.2 Å². The van der Waals surface area contributed by atoms with Crippen molar-refractivity contribution in [2.45, 2.75) is 58.9 Å². The molecule has 4 rings (SSSR count). The van der Waals surface area contributed by atoms with E-state index in [9.17, 15) is 22.8 Å². The number of aryl methyl sites for hydroxylation is 1. The minimum absolute atomic E-state index is 0.0829. The Labute approximate surface area is 269 Å². The summed E-state index contributed by atoms with van der Waals surface area (Å²) in [6.45, 7) is 9.94. The van der Waals surface area contributed by atoms with Crippen molar-refractivity contribution in [2.75, 3.05) is 10.7 Å². The number of carbonyl (C=O) groups is 2. The summed E-state index contributed by atoms with van der Waals surface area (Å²) in [6, 6.07) is 17.5. The van der Waals surface area contributed by atoms with Crippen LogP contribution in [0, 0.1) is 6.92 Å². The van der Waals surface area contributed by atoms with Crippen LogP contribution in [0.2, 0.25) is 0 Å². The molecule has 46 heavy (non-hydrogen) atoms. The van der Waals surface area contributed by atoms with Crippen molar-refractivity contribution in [1.82, 2.24) is 5.32 Å². The number of hydrogen-bond donors (Lipinski definition) is 2. The molecule has 0 aromatic heterocycles. The van der Waals surface area contributed by atoms with Crippen molar-refractivity contribution in [2.24, 2.45) is 20.7 Å². The van der Waals surface area contributed by atoms with Gasteiger partial charge in [0.1, 0.15) is 17.9 Å². The summed E-state index contributed by atoms with van der Waals surface area (Å²) in [7, 11) is 0. The molecule has 3 N–H and O–H groups in total. The van der Waals surface area contributed by atoms with Crippen LogP contribution in [-0.4, -0.2) is 47.4 Å². The number of halogens is 3. The summed E-state index contributed by atoms with van der Waals surface area (Å²) in [5.41, 5.74) is 10.8. The van der Waals surface area contributed by atoms with Gasteiger partial charge in [-0.15, -0.1) is 13.2 Å². The number of nitrogens with two attached hydrogens (primary N) is 1. The number of benzene rings is 3. The normalized spacial score (nSPS) is 16.4. The Bertz CT molecular complexity index is 1650. The number of nitrogens with zero attached hydrogens (tertiary/aromatic N) is 4. The molecule has 13 heteroatoms. The number of thioether (sulfide) groups is 1. The molecule has 242 valence electrons. The van der Waals surface area contributed by atoms with E-state index in [1.54, 1.807) is 17.0 Å². The van der Waals surface area contributed by atoms with Crippen LogP contribution in [0.1, 0.15) is 61.8 Å². The van der Waals surface area contributed by atoms with Crippen molar-refractivity contribution in [3.8, 4) is 5.75 Å². The number of carbonyl (C=O) groups excluding carboxylic acids is 2. The van der Waals surface area contributed by atoms with Crippen molar-refractivity contribution in [3.05, 3.63) is 89.0 Å². The number of alkyl halides is 3. The van der Waals surface area contributed by atoms with Crippen molar-refractivity contribution >= 4 is 52.4 Å². The minimum Gasteiger partial charge on any atom is -0.406 e. The van der Waals surface area contributed by atoms with Gasteiger partial charge in [0.05, 0.1) is 17.1 Å². The summed E-state index contributed by atoms with van der Waals surface area (Å²) >= 11 is 1.24. The van der Waals surface area contributed by atoms with Gasteiger partial charge in [-0.2, -0.15) is 4.99 Å². The molecule has 0 spiro atoms. The number of ether oxygens (including phenoxy) is 1. The zero-order valence-electron chi connectivity index (χ0n) is 26.0. The number of rotatable bonds is 9. The largest absolute Gasteiger partial charge is 0.573 e. The van der Waals surface area contributed by atoms with E-state index in [0.29, 0.717) is 16.4 Å². The Balaban J connectivity index is 1.38. The molecule has 3 amide bonds. The van der Waals surface area contributed by atoms with Crippen LogP contribution in [0.3, 0.4) is 0 Å². The first-order valence-corrected chi connectivity index (χ1v) is 15.5. The molecule has 3 aromatic carbocycles. The van der Waals surface area contributed by atoms with Crippen LogP contribution < -0.4 is 20.7 Å². The van der Waals surface area contributed by atoms with Crippen molar-refractivity contribution in [3.63, 3.8) is 0 Å². The molecule has 1 saturated heterocycles. The molecule has 3 aromatic rings. The molecule has 2 unspecified atom stereocenters. The lowest BCUT2D eigenvalue weighted by Gasteiger charge is -2.23. The maximum atomic E-state index is 13.0. The second-order valence-electron chi connectivity index (χ2n) is 11.1. The summed E-state index contributed by atoms with van der Waals surface area (Å²) in [6.07, 6.45) is -3.55. The van der Waals surface area contributed by atoms with E-state index in [1.807, 2.05) is 51.1 Å². The van der Waals surface area contributed by atoms with Gasteiger partial charge in [0, 0.05) is 17.5 Å². The Kier molecular flexibility index (Phi) is 10.9. The van der Waals surface area contributed by atoms with Gasteiger partial charge in [0.2, 0.25) is 5.91 Å². The second-order valence-corrected chi connectivity index (χ2v) is 12.0. The third kappa shape index (κ3) is 8.96. The fourth-order valence-corrected chi connectivity index (χ4v) is 5.53. The van der Waals surface area contributed by atoms with Crippen LogP contribution in [0.5, 0.6) is 5.75 Å². The molecule has 0 saturated carbocycles. The summed E-state index contributed by atoms with van der Waals surface area (Å²) in [4.78, 5) is 39.8. The topological polar surface area (TPSA) is 122 Å². The fraction of sp³-hybridized carbons (Fsp3) is 0.303. The lowest BCUT2D eigenvalue weighted by atomic mass is 9.93. The average Bonchev–Trinajstić information content (AvgIpc) is 3.35. The Morgan fingerprint density at radius 1 is 1.04 bits per heavy atom. The third-order valence-corrected chi connectivity index (χ3v) is 8.24. The summed E-state index contributed by atoms with van der Waals surface area (Å²) < 4.78 is 40.8. The van der Waals surface area contributed by atoms with Gasteiger partial charge in [0.25, 0.3) is 0 Å². The van der Waals surface area contributed by atoms with Gasteiger partial charge in [-0.3, -0.25) is 9.69 Å². The maximum absolute atomic E-state index is 13.0. The number of nitrogens with one attached hydrogen (secondary N) is 1. The molecule has 9 nitrogen and oxygen atoms in total. The molecule has 1 aliphatic heterocycles. The zero-order chi connectivity index (χ0) is 33.6. The second kappa shape index (κ2) is 14.6. The van der Waals surface area contributed by atoms with E-state index >= 15 is 0 Å². The Morgan fingerprint density at radius 2 is 1.72 bits per heavy atom. The predicted octanol–water partition coefficient (Wildman–Crippen LogP) is 7.42. The van der Waals surface area contributed by atoms with Gasteiger partial charge in [0.15, 0.2) is 5.17 Å². The monoisotopic (exact) mass is 652 g/mol. The first kappa shape index (κ1) is 34.2. The van der Waals surface area contributed by atoms with Gasteiger partial charge in [-0.1, -0.05) is 68.9 Å². The molecule has 0 radical (unpaired) electrons. The number of anilines is 1. The quantitative estimate of drug-likeness (QED) is 0.184. The van der Waals surface area contributed by atoms with Crippen LogP contribution in [0.15, 0.2) is 81.7 Å². The number of amides is 3. The van der Waals surface area contributed by atoms with Gasteiger partial charge < -0.3 is 15.8 Å². The highest BCUT2D eigenvalue weighted by Crippen LogP contribution is 2.34. The number of amidine groups is 2. The lowest BCUT2D eigenvalue weighted by Crippen LogP contribution is -2.36. The zero-order valence-corrected chi connectivity index (χ0v) is 26.8. The van der Waals surface area contributed by atoms with Crippen molar-refractivity contribution < 1.29 is 27.5 Å². The number of aliphatic imine (C=N–C) groups is 3. The van der Waals surface area contributed by atoms with Crippen LogP contribution >= 0.6 is 11.8 Å². The molecular weight excluding hydrogens is 617 g/mol. The van der Waals surface area contributed by atoms with E-state index in [-0.39, 0.29) is 41.1 Å². The van der Waals surface area contributed by atoms with E-state index in [0.717, 1.165) is 34.5 Å². The highest BCUT2D eigenvalue weighted by molar-refractivity contribution is 8.15. The first-order valence-electron chi connectivity index (χ1n) is 14.5. The van der Waals surface area contributed by atoms with Crippen LogP contribution in [0.4, 0.5) is 29.3 Å². The molecule has 1 fully saturated rings. The molecule has 2 atom stereocenters. The molecule has 1 heterocycles. The molecule has 0 bridgehead atoms. The smallest absolute Gasteiger partial charge is 0.406 e. The van der Waals surface area contributed by atoms with Gasteiger partial charge in [-0.25, -0.2) is 14.8 Å². The standard InChI is InChI=1S/C33H35F3N6O3S/c1-19(2)27-15-6-20(3)16-28(27)42-29(43)17-46-32(42)41-31(44)40-22(5)21(4)23-7-9-24(10-8-23)30(37)39-18-38-25-11-13-26(14-12-25)45-33(34,35)36/h6-16,18-19,21-22H,17H2,1-5H3,(H,40,44)(H2,37,38,39). The molecule has 1 aliphatic rings.